The van der Waals surface area contributed by atoms with Gasteiger partial charge in [-0.1, -0.05) is 73.1 Å². The Labute approximate surface area is 134 Å². The minimum atomic E-state index is 0.247. The van der Waals surface area contributed by atoms with Crippen LogP contribution in [0.25, 0.3) is 0 Å². The van der Waals surface area contributed by atoms with Gasteiger partial charge in [0, 0.05) is 13.1 Å². The minimum absolute atomic E-state index is 0.247. The first kappa shape index (κ1) is 20.9. The highest BCUT2D eigenvalue weighted by molar-refractivity contribution is 4.73. The second-order valence-corrected chi connectivity index (χ2v) is 6.76. The summed E-state index contributed by atoms with van der Waals surface area (Å²) in [6, 6.07) is 0. The first-order valence-electron chi connectivity index (χ1n) is 9.62. The lowest BCUT2D eigenvalue weighted by atomic mass is 9.95. The summed E-state index contributed by atoms with van der Waals surface area (Å²) in [6.45, 7) is 13.9. The molecule has 3 atom stereocenters. The van der Waals surface area contributed by atoms with Gasteiger partial charge >= 0.3 is 0 Å². The van der Waals surface area contributed by atoms with Gasteiger partial charge in [0.2, 0.25) is 0 Å². The SMILES string of the molecule is CCCCC(CC)CN(CC(CC)CCCC)C(N)CC. The van der Waals surface area contributed by atoms with E-state index in [9.17, 15) is 0 Å². The van der Waals surface area contributed by atoms with Gasteiger partial charge < -0.3 is 5.73 Å². The van der Waals surface area contributed by atoms with Gasteiger partial charge in [0.05, 0.1) is 6.17 Å². The number of unbranched alkanes of at least 4 members (excludes halogenated alkanes) is 2. The number of nitrogens with two attached hydrogens (primary N) is 1. The molecule has 2 nitrogen and oxygen atoms in total. The highest BCUT2D eigenvalue weighted by Crippen LogP contribution is 2.20. The molecule has 0 aromatic carbocycles. The van der Waals surface area contributed by atoms with E-state index in [4.69, 9.17) is 5.73 Å². The van der Waals surface area contributed by atoms with E-state index in [1.165, 1.54) is 64.5 Å². The third-order valence-corrected chi connectivity index (χ3v) is 4.96. The topological polar surface area (TPSA) is 29.3 Å². The summed E-state index contributed by atoms with van der Waals surface area (Å²) in [6.07, 6.45) is 12.0. The fraction of sp³-hybridized carbons (Fsp3) is 1.00. The van der Waals surface area contributed by atoms with E-state index in [0.717, 1.165) is 18.3 Å². The zero-order valence-electron chi connectivity index (χ0n) is 15.5. The lowest BCUT2D eigenvalue weighted by Crippen LogP contribution is -2.46. The van der Waals surface area contributed by atoms with Gasteiger partial charge in [0.1, 0.15) is 0 Å². The smallest absolute Gasteiger partial charge is 0.0569 e. The van der Waals surface area contributed by atoms with E-state index in [0.29, 0.717) is 0 Å². The van der Waals surface area contributed by atoms with E-state index in [-0.39, 0.29) is 6.17 Å². The second kappa shape index (κ2) is 13.6. The van der Waals surface area contributed by atoms with Crippen LogP contribution in [-0.4, -0.2) is 24.2 Å². The average Bonchev–Trinajstić information content (AvgIpc) is 2.52. The Morgan fingerprint density at radius 2 is 1.14 bits per heavy atom. The van der Waals surface area contributed by atoms with Crippen molar-refractivity contribution < 1.29 is 0 Å². The van der Waals surface area contributed by atoms with Crippen LogP contribution < -0.4 is 5.73 Å². The molecule has 0 spiro atoms. The maximum atomic E-state index is 6.41. The molecule has 2 N–H and O–H groups in total. The van der Waals surface area contributed by atoms with E-state index < -0.39 is 0 Å². The molecule has 0 aliphatic carbocycles. The monoisotopic (exact) mass is 298 g/mol. The molecule has 21 heavy (non-hydrogen) atoms. The lowest BCUT2D eigenvalue weighted by Gasteiger charge is -2.34. The van der Waals surface area contributed by atoms with Crippen molar-refractivity contribution in [3.8, 4) is 0 Å². The molecular formula is C19H42N2. The highest BCUT2D eigenvalue weighted by atomic mass is 15.2. The van der Waals surface area contributed by atoms with Crippen molar-refractivity contribution in [2.75, 3.05) is 13.1 Å². The summed E-state index contributed by atoms with van der Waals surface area (Å²) in [5, 5.41) is 0. The van der Waals surface area contributed by atoms with E-state index in [1.54, 1.807) is 0 Å². The molecule has 0 amide bonds. The van der Waals surface area contributed by atoms with E-state index >= 15 is 0 Å². The van der Waals surface area contributed by atoms with Crippen molar-refractivity contribution in [2.24, 2.45) is 17.6 Å². The van der Waals surface area contributed by atoms with Crippen LogP contribution in [0.3, 0.4) is 0 Å². The molecule has 0 radical (unpaired) electrons. The lowest BCUT2D eigenvalue weighted by molar-refractivity contribution is 0.129. The van der Waals surface area contributed by atoms with Crippen LogP contribution in [0.5, 0.6) is 0 Å². The highest BCUT2D eigenvalue weighted by Gasteiger charge is 2.20. The molecule has 0 aromatic heterocycles. The van der Waals surface area contributed by atoms with Crippen LogP contribution in [0, 0.1) is 11.8 Å². The Morgan fingerprint density at radius 1 is 0.714 bits per heavy atom. The predicted octanol–water partition coefficient (Wildman–Crippen LogP) is 5.42. The van der Waals surface area contributed by atoms with Gasteiger partial charge in [-0.05, 0) is 31.1 Å². The zero-order valence-corrected chi connectivity index (χ0v) is 15.5. The average molecular weight is 299 g/mol. The quantitative estimate of drug-likeness (QED) is 0.434. The predicted molar refractivity (Wildman–Crippen MR) is 96.5 cm³/mol. The molecule has 0 aliphatic rings. The van der Waals surface area contributed by atoms with Gasteiger partial charge in [-0.25, -0.2) is 0 Å². The van der Waals surface area contributed by atoms with Crippen LogP contribution in [-0.2, 0) is 0 Å². The fourth-order valence-electron chi connectivity index (χ4n) is 3.10. The number of rotatable bonds is 14. The molecule has 128 valence electrons. The third-order valence-electron chi connectivity index (χ3n) is 4.96. The molecule has 0 saturated heterocycles. The molecule has 0 fully saturated rings. The van der Waals surface area contributed by atoms with Crippen molar-refractivity contribution >= 4 is 0 Å². The normalized spacial score (nSPS) is 16.1. The van der Waals surface area contributed by atoms with Gasteiger partial charge in [0.15, 0.2) is 0 Å². The molecular weight excluding hydrogens is 256 g/mol. The summed E-state index contributed by atoms with van der Waals surface area (Å²) in [7, 11) is 0. The van der Waals surface area contributed by atoms with Crippen molar-refractivity contribution in [2.45, 2.75) is 98.6 Å². The Kier molecular flexibility index (Phi) is 13.5. The molecule has 0 saturated carbocycles. The van der Waals surface area contributed by atoms with Crippen molar-refractivity contribution in [3.05, 3.63) is 0 Å². The molecule has 0 aliphatic heterocycles. The summed E-state index contributed by atoms with van der Waals surface area (Å²) in [4.78, 5) is 2.59. The molecule has 0 aromatic rings. The van der Waals surface area contributed by atoms with Crippen molar-refractivity contribution in [3.63, 3.8) is 0 Å². The molecule has 3 unspecified atom stereocenters. The van der Waals surface area contributed by atoms with Crippen LogP contribution in [0.4, 0.5) is 0 Å². The number of hydrogen-bond donors (Lipinski definition) is 1. The standard InChI is InChI=1S/C19H42N2/c1-6-11-13-17(8-3)15-21(19(20)10-5)16-18(9-4)14-12-7-2/h17-19H,6-16,20H2,1-5H3. The Morgan fingerprint density at radius 3 is 1.43 bits per heavy atom. The fourth-order valence-corrected chi connectivity index (χ4v) is 3.10. The zero-order chi connectivity index (χ0) is 16.1. The largest absolute Gasteiger partial charge is 0.316 e. The van der Waals surface area contributed by atoms with Gasteiger partial charge in [-0.3, -0.25) is 4.90 Å². The summed E-state index contributed by atoms with van der Waals surface area (Å²) >= 11 is 0. The van der Waals surface area contributed by atoms with Crippen LogP contribution in [0.1, 0.15) is 92.4 Å². The first-order chi connectivity index (χ1) is 10.1. The van der Waals surface area contributed by atoms with Gasteiger partial charge in [-0.2, -0.15) is 0 Å². The molecule has 0 bridgehead atoms. The first-order valence-corrected chi connectivity index (χ1v) is 9.62. The Balaban J connectivity index is 4.53. The number of hydrogen-bond acceptors (Lipinski definition) is 2. The number of nitrogens with zero attached hydrogens (tertiary/aromatic N) is 1. The molecule has 0 heterocycles. The second-order valence-electron chi connectivity index (χ2n) is 6.76. The summed E-state index contributed by atoms with van der Waals surface area (Å²) in [5.41, 5.74) is 6.41. The molecule has 0 rings (SSSR count). The summed E-state index contributed by atoms with van der Waals surface area (Å²) < 4.78 is 0. The molecule has 2 heteroatoms. The van der Waals surface area contributed by atoms with Crippen molar-refractivity contribution in [1.29, 1.82) is 0 Å². The van der Waals surface area contributed by atoms with Gasteiger partial charge in [-0.15, -0.1) is 0 Å². The van der Waals surface area contributed by atoms with Crippen LogP contribution in [0.2, 0.25) is 0 Å². The third kappa shape index (κ3) is 9.52. The van der Waals surface area contributed by atoms with Crippen LogP contribution >= 0.6 is 0 Å². The maximum Gasteiger partial charge on any atom is 0.0569 e. The van der Waals surface area contributed by atoms with Crippen LogP contribution in [0.15, 0.2) is 0 Å². The summed E-state index contributed by atoms with van der Waals surface area (Å²) in [5.74, 6) is 1.65. The van der Waals surface area contributed by atoms with Crippen molar-refractivity contribution in [1.82, 2.24) is 4.90 Å². The Hall–Kier alpha value is -0.0800. The Bertz CT molecular complexity index is 200. The van der Waals surface area contributed by atoms with E-state index in [2.05, 4.69) is 39.5 Å². The van der Waals surface area contributed by atoms with Gasteiger partial charge in [0.25, 0.3) is 0 Å². The minimum Gasteiger partial charge on any atom is -0.316 e. The van der Waals surface area contributed by atoms with E-state index in [1.807, 2.05) is 0 Å². The maximum absolute atomic E-state index is 6.41.